The Morgan fingerprint density at radius 1 is 1.16 bits per heavy atom. The number of nitrogens with zero attached hydrogens (tertiary/aromatic N) is 1. The van der Waals surface area contributed by atoms with Gasteiger partial charge in [0.1, 0.15) is 5.82 Å². The summed E-state index contributed by atoms with van der Waals surface area (Å²) in [5.41, 5.74) is 8.66. The van der Waals surface area contributed by atoms with Gasteiger partial charge in [-0.15, -0.1) is 0 Å². The van der Waals surface area contributed by atoms with Gasteiger partial charge in [-0.3, -0.25) is 0 Å². The van der Waals surface area contributed by atoms with Crippen LogP contribution in [0.15, 0.2) is 12.1 Å². The van der Waals surface area contributed by atoms with Gasteiger partial charge in [-0.05, 0) is 70.1 Å². The van der Waals surface area contributed by atoms with Gasteiger partial charge in [0, 0.05) is 31.4 Å². The van der Waals surface area contributed by atoms with Crippen molar-refractivity contribution in [1.29, 1.82) is 0 Å². The number of nitrogens with one attached hydrogen (secondary N) is 1. The van der Waals surface area contributed by atoms with Crippen molar-refractivity contribution < 1.29 is 9.13 Å². The van der Waals surface area contributed by atoms with Crippen LogP contribution in [0.4, 0.5) is 15.8 Å². The summed E-state index contributed by atoms with van der Waals surface area (Å²) >= 11 is 0. The first kappa shape index (κ1) is 18.5. The molecule has 1 saturated heterocycles. The molecule has 25 heavy (non-hydrogen) atoms. The van der Waals surface area contributed by atoms with Crippen LogP contribution in [-0.4, -0.2) is 37.9 Å². The molecule has 1 aromatic rings. The van der Waals surface area contributed by atoms with E-state index in [4.69, 9.17) is 10.5 Å². The number of morpholine rings is 1. The lowest BCUT2D eigenvalue weighted by molar-refractivity contribution is -0.00539. The molecule has 0 bridgehead atoms. The summed E-state index contributed by atoms with van der Waals surface area (Å²) < 4.78 is 20.5. The van der Waals surface area contributed by atoms with Crippen molar-refractivity contribution in [3.05, 3.63) is 23.5 Å². The van der Waals surface area contributed by atoms with Crippen LogP contribution in [0.3, 0.4) is 0 Å². The first-order valence-electron chi connectivity index (χ1n) is 9.62. The van der Waals surface area contributed by atoms with Crippen LogP contribution < -0.4 is 16.0 Å². The Morgan fingerprint density at radius 3 is 2.44 bits per heavy atom. The smallest absolute Gasteiger partial charge is 0.148 e. The molecule has 1 aliphatic heterocycles. The number of halogens is 1. The molecular weight excluding hydrogens is 317 g/mol. The Bertz CT molecular complexity index is 577. The Balaban J connectivity index is 1.65. The third-order valence-electron chi connectivity index (χ3n) is 5.53. The van der Waals surface area contributed by atoms with E-state index in [0.29, 0.717) is 17.6 Å². The Hall–Kier alpha value is -1.33. The molecule has 0 radical (unpaired) electrons. The molecule has 2 aliphatic rings. The summed E-state index contributed by atoms with van der Waals surface area (Å²) in [7, 11) is 0. The number of nitrogens with two attached hydrogens (primary N) is 1. The van der Waals surface area contributed by atoms with E-state index in [0.717, 1.165) is 56.6 Å². The van der Waals surface area contributed by atoms with Crippen molar-refractivity contribution in [2.75, 3.05) is 29.9 Å². The van der Waals surface area contributed by atoms with Crippen LogP contribution in [-0.2, 0) is 4.74 Å². The van der Waals surface area contributed by atoms with Crippen molar-refractivity contribution >= 4 is 11.4 Å². The van der Waals surface area contributed by atoms with Crippen LogP contribution in [0.25, 0.3) is 0 Å². The minimum Gasteiger partial charge on any atom is -0.384 e. The number of aryl methyl sites for hydroxylation is 1. The van der Waals surface area contributed by atoms with E-state index >= 15 is 0 Å². The quantitative estimate of drug-likeness (QED) is 0.871. The average Bonchev–Trinajstić information content (AvgIpc) is 2.56. The van der Waals surface area contributed by atoms with E-state index in [1.54, 1.807) is 6.07 Å². The van der Waals surface area contributed by atoms with Crippen molar-refractivity contribution in [3.63, 3.8) is 0 Å². The second-order valence-electron chi connectivity index (χ2n) is 7.94. The zero-order chi connectivity index (χ0) is 18.0. The molecule has 3 rings (SSSR count). The van der Waals surface area contributed by atoms with Crippen molar-refractivity contribution in [2.24, 2.45) is 11.7 Å². The van der Waals surface area contributed by atoms with Crippen molar-refractivity contribution in [3.8, 4) is 0 Å². The predicted molar refractivity (Wildman–Crippen MR) is 102 cm³/mol. The first-order valence-corrected chi connectivity index (χ1v) is 9.62. The lowest BCUT2D eigenvalue weighted by atomic mass is 9.86. The van der Waals surface area contributed by atoms with Gasteiger partial charge in [0.05, 0.1) is 17.9 Å². The zero-order valence-electron chi connectivity index (χ0n) is 15.7. The third-order valence-corrected chi connectivity index (χ3v) is 5.53. The molecule has 2 fully saturated rings. The lowest BCUT2D eigenvalue weighted by Crippen LogP contribution is -2.45. The normalized spacial score (nSPS) is 30.4. The van der Waals surface area contributed by atoms with E-state index < -0.39 is 0 Å². The van der Waals surface area contributed by atoms with Gasteiger partial charge in [0.2, 0.25) is 0 Å². The van der Waals surface area contributed by atoms with Crippen LogP contribution in [0.5, 0.6) is 0 Å². The monoisotopic (exact) mass is 349 g/mol. The van der Waals surface area contributed by atoms with E-state index in [-0.39, 0.29) is 18.0 Å². The highest BCUT2D eigenvalue weighted by molar-refractivity contribution is 5.61. The highest BCUT2D eigenvalue weighted by Crippen LogP contribution is 2.30. The topological polar surface area (TPSA) is 50.5 Å². The third kappa shape index (κ3) is 4.64. The molecule has 2 unspecified atom stereocenters. The summed E-state index contributed by atoms with van der Waals surface area (Å²) in [6, 6.07) is 4.00. The highest BCUT2D eigenvalue weighted by atomic mass is 19.1. The number of hydrogen-bond acceptors (Lipinski definition) is 4. The number of anilines is 2. The van der Waals surface area contributed by atoms with Gasteiger partial charge in [-0.2, -0.15) is 0 Å². The fourth-order valence-electron chi connectivity index (χ4n) is 4.12. The zero-order valence-corrected chi connectivity index (χ0v) is 15.7. The summed E-state index contributed by atoms with van der Waals surface area (Å²) in [5, 5.41) is 3.46. The minimum absolute atomic E-state index is 0.124. The summed E-state index contributed by atoms with van der Waals surface area (Å²) in [6.07, 6.45) is 4.78. The Labute approximate surface area is 150 Å². The maximum Gasteiger partial charge on any atom is 0.148 e. The van der Waals surface area contributed by atoms with Gasteiger partial charge in [-0.1, -0.05) is 0 Å². The van der Waals surface area contributed by atoms with Crippen molar-refractivity contribution in [2.45, 2.75) is 64.7 Å². The van der Waals surface area contributed by atoms with Gasteiger partial charge in [-0.25, -0.2) is 4.39 Å². The first-order chi connectivity index (χ1) is 11.9. The lowest BCUT2D eigenvalue weighted by Gasteiger charge is -2.37. The molecule has 0 spiro atoms. The van der Waals surface area contributed by atoms with Gasteiger partial charge in [0.25, 0.3) is 0 Å². The molecule has 1 saturated carbocycles. The number of hydrogen-bond donors (Lipinski definition) is 2. The standard InChI is InChI=1S/C20H32FN3O/c1-13-8-20(24-11-14(2)25-15(3)12-24)18(21)9-19(13)23-10-16-4-6-17(22)7-5-16/h8-9,14-17,23H,4-7,10-12,22H2,1-3H3. The fourth-order valence-corrected chi connectivity index (χ4v) is 4.12. The van der Waals surface area contributed by atoms with E-state index in [1.807, 2.05) is 19.9 Å². The summed E-state index contributed by atoms with van der Waals surface area (Å²) in [5.74, 6) is 0.489. The molecule has 140 valence electrons. The van der Waals surface area contributed by atoms with Crippen LogP contribution in [0.2, 0.25) is 0 Å². The second-order valence-corrected chi connectivity index (χ2v) is 7.94. The molecule has 1 aliphatic carbocycles. The van der Waals surface area contributed by atoms with E-state index in [9.17, 15) is 4.39 Å². The molecule has 0 aromatic heterocycles. The van der Waals surface area contributed by atoms with Crippen LogP contribution >= 0.6 is 0 Å². The number of benzene rings is 1. The molecule has 1 heterocycles. The minimum atomic E-state index is -0.153. The van der Waals surface area contributed by atoms with Gasteiger partial charge >= 0.3 is 0 Å². The van der Waals surface area contributed by atoms with Gasteiger partial charge < -0.3 is 20.7 Å². The number of ether oxygens (including phenoxy) is 1. The van der Waals surface area contributed by atoms with E-state index in [1.165, 1.54) is 0 Å². The summed E-state index contributed by atoms with van der Waals surface area (Å²) in [4.78, 5) is 2.10. The predicted octanol–water partition coefficient (Wildman–Crippen LogP) is 3.68. The molecular formula is C20H32FN3O. The molecule has 3 N–H and O–H groups in total. The highest BCUT2D eigenvalue weighted by Gasteiger charge is 2.25. The molecule has 5 heteroatoms. The maximum absolute atomic E-state index is 14.7. The van der Waals surface area contributed by atoms with Crippen LogP contribution in [0.1, 0.15) is 45.1 Å². The number of rotatable bonds is 4. The second kappa shape index (κ2) is 7.92. The Kier molecular flexibility index (Phi) is 5.85. The molecule has 0 amide bonds. The van der Waals surface area contributed by atoms with Gasteiger partial charge in [0.15, 0.2) is 0 Å². The maximum atomic E-state index is 14.7. The SMILES string of the molecule is Cc1cc(N2CC(C)OC(C)C2)c(F)cc1NCC1CCC(N)CC1. The molecule has 4 nitrogen and oxygen atoms in total. The molecule has 1 aromatic carbocycles. The van der Waals surface area contributed by atoms with E-state index in [2.05, 4.69) is 17.1 Å². The van der Waals surface area contributed by atoms with Crippen LogP contribution in [0, 0.1) is 18.7 Å². The molecule has 2 atom stereocenters. The average molecular weight is 349 g/mol. The van der Waals surface area contributed by atoms with Crippen molar-refractivity contribution in [1.82, 2.24) is 0 Å². The Morgan fingerprint density at radius 2 is 1.80 bits per heavy atom. The summed E-state index contributed by atoms with van der Waals surface area (Å²) in [6.45, 7) is 8.50. The fraction of sp³-hybridized carbons (Fsp3) is 0.700. The largest absolute Gasteiger partial charge is 0.384 e.